The summed E-state index contributed by atoms with van der Waals surface area (Å²) >= 11 is 4.86. The highest BCUT2D eigenvalue weighted by molar-refractivity contribution is 7.91. The van der Waals surface area contributed by atoms with Crippen molar-refractivity contribution in [3.63, 3.8) is 0 Å². The third-order valence-electron chi connectivity index (χ3n) is 6.50. The summed E-state index contributed by atoms with van der Waals surface area (Å²) in [6.07, 6.45) is 3.47. The maximum absolute atomic E-state index is 12.6. The van der Waals surface area contributed by atoms with Crippen LogP contribution in [0.25, 0.3) is 11.5 Å². The van der Waals surface area contributed by atoms with Gasteiger partial charge < -0.3 is 24.3 Å². The first kappa shape index (κ1) is 20.3. The molecule has 10 heteroatoms. The van der Waals surface area contributed by atoms with Crippen LogP contribution in [0.2, 0.25) is 5.02 Å². The van der Waals surface area contributed by atoms with E-state index in [0.717, 1.165) is 42.0 Å². The minimum Gasteiger partial charge on any atom is -0.611 e. The van der Waals surface area contributed by atoms with Gasteiger partial charge in [0.25, 0.3) is 0 Å². The van der Waals surface area contributed by atoms with Crippen molar-refractivity contribution in [1.82, 2.24) is 15.0 Å². The predicted molar refractivity (Wildman–Crippen MR) is 121 cm³/mol. The highest BCUT2D eigenvalue weighted by atomic mass is 35.5. The average Bonchev–Trinajstić information content (AvgIpc) is 3.44. The van der Waals surface area contributed by atoms with E-state index in [1.54, 1.807) is 0 Å². The molecule has 0 radical (unpaired) electrons. The normalized spacial score (nSPS) is 20.7. The van der Waals surface area contributed by atoms with Crippen LogP contribution in [0.1, 0.15) is 36.4 Å². The first-order valence-electron chi connectivity index (χ1n) is 10.7. The van der Waals surface area contributed by atoms with E-state index in [-0.39, 0.29) is 12.1 Å². The number of rotatable bonds is 5. The van der Waals surface area contributed by atoms with Gasteiger partial charge >= 0.3 is 0 Å². The lowest BCUT2D eigenvalue weighted by atomic mass is 9.77. The number of hydrogen-bond donors (Lipinski definition) is 2. The monoisotopic (exact) mass is 471 g/mol. The Morgan fingerprint density at radius 3 is 2.66 bits per heavy atom. The van der Waals surface area contributed by atoms with E-state index in [0.29, 0.717) is 52.8 Å². The molecule has 32 heavy (non-hydrogen) atoms. The van der Waals surface area contributed by atoms with Crippen molar-refractivity contribution < 1.29 is 14.1 Å². The fourth-order valence-corrected chi connectivity index (χ4v) is 5.92. The summed E-state index contributed by atoms with van der Waals surface area (Å²) in [5.74, 6) is 3.09. The molecular weight excluding hydrogens is 450 g/mol. The lowest BCUT2D eigenvalue weighted by molar-refractivity contribution is 0.143. The van der Waals surface area contributed by atoms with Gasteiger partial charge in [-0.1, -0.05) is 11.6 Å². The molecular formula is C22H22ClN5O3S. The van der Waals surface area contributed by atoms with Crippen LogP contribution in [-0.4, -0.2) is 42.5 Å². The molecule has 3 aromatic rings. The van der Waals surface area contributed by atoms with E-state index < -0.39 is 11.2 Å². The molecule has 0 bridgehead atoms. The molecule has 2 aromatic heterocycles. The summed E-state index contributed by atoms with van der Waals surface area (Å²) in [6.45, 7) is 1.09. The fourth-order valence-electron chi connectivity index (χ4n) is 4.49. The Balaban J connectivity index is 1.28. The number of aliphatic hydroxyl groups is 1. The van der Waals surface area contributed by atoms with Gasteiger partial charge in [0.15, 0.2) is 5.82 Å². The van der Waals surface area contributed by atoms with Crippen molar-refractivity contribution >= 4 is 34.5 Å². The van der Waals surface area contributed by atoms with Gasteiger partial charge in [0.2, 0.25) is 16.7 Å². The largest absolute Gasteiger partial charge is 0.611 e. The first-order valence-corrected chi connectivity index (χ1v) is 12.4. The average molecular weight is 472 g/mol. The number of hydrogen-bond acceptors (Lipinski definition) is 8. The third-order valence-corrected chi connectivity index (χ3v) is 8.21. The van der Waals surface area contributed by atoms with E-state index in [9.17, 15) is 9.66 Å². The number of aliphatic hydroxyl groups excluding tert-OH is 1. The van der Waals surface area contributed by atoms with Crippen LogP contribution in [0, 0.1) is 0 Å². The standard InChI is InChI=1S/C22H22ClN5O3S/c23-14-4-2-13(3-5-14)20-24-16-10-28(11-17(16)31-20)21-25-15-6-9-32(30)18(15)19(26-21)27-22(12-29)7-1-8-22/h2-5,29H,1,6-12H2,(H,25,26,27)/t32-/m1/s1. The SMILES string of the molecule is [O-][S@+]1CCc2nc(N3Cc4nc(-c5ccc(Cl)cc5)oc4C3)nc(NC3(CO)CCC3)c21. The Morgan fingerprint density at radius 1 is 1.16 bits per heavy atom. The van der Waals surface area contributed by atoms with Gasteiger partial charge in [-0.3, -0.25) is 0 Å². The topological polar surface area (TPSA) is 110 Å². The number of aryl methyl sites for hydroxylation is 1. The second-order valence-corrected chi connectivity index (χ2v) is 10.6. The van der Waals surface area contributed by atoms with Gasteiger partial charge in [0.1, 0.15) is 22.9 Å². The zero-order valence-corrected chi connectivity index (χ0v) is 18.9. The van der Waals surface area contributed by atoms with Gasteiger partial charge in [-0.05, 0) is 54.7 Å². The number of halogens is 1. The lowest BCUT2D eigenvalue weighted by Crippen LogP contribution is -2.48. The van der Waals surface area contributed by atoms with E-state index in [1.165, 1.54) is 0 Å². The molecule has 2 aliphatic heterocycles. The molecule has 3 aliphatic rings. The van der Waals surface area contributed by atoms with E-state index >= 15 is 0 Å². The van der Waals surface area contributed by atoms with Gasteiger partial charge in [-0.15, -0.1) is 0 Å². The molecule has 1 atom stereocenters. The van der Waals surface area contributed by atoms with E-state index in [1.807, 2.05) is 29.2 Å². The van der Waals surface area contributed by atoms with Crippen molar-refractivity contribution in [2.75, 3.05) is 22.6 Å². The number of benzene rings is 1. The molecule has 8 nitrogen and oxygen atoms in total. The minimum absolute atomic E-state index is 0.0311. The zero-order chi connectivity index (χ0) is 21.9. The summed E-state index contributed by atoms with van der Waals surface area (Å²) in [4.78, 5) is 16.9. The Bertz CT molecular complexity index is 1150. The highest BCUT2D eigenvalue weighted by Gasteiger charge is 2.41. The molecule has 2 N–H and O–H groups in total. The summed E-state index contributed by atoms with van der Waals surface area (Å²) in [5.41, 5.74) is 2.19. The quantitative estimate of drug-likeness (QED) is 0.545. The summed E-state index contributed by atoms with van der Waals surface area (Å²) in [6, 6.07) is 7.41. The number of oxazole rings is 1. The van der Waals surface area contributed by atoms with Crippen molar-refractivity contribution in [3.8, 4) is 11.5 Å². The molecule has 0 spiro atoms. The fraction of sp³-hybridized carbons (Fsp3) is 0.409. The third kappa shape index (κ3) is 3.35. The van der Waals surface area contributed by atoms with Crippen molar-refractivity contribution in [2.45, 2.75) is 49.2 Å². The molecule has 1 aromatic carbocycles. The predicted octanol–water partition coefficient (Wildman–Crippen LogP) is 3.30. The van der Waals surface area contributed by atoms with Crippen LogP contribution in [0.5, 0.6) is 0 Å². The smallest absolute Gasteiger partial charge is 0.228 e. The lowest BCUT2D eigenvalue weighted by Gasteiger charge is -2.41. The van der Waals surface area contributed by atoms with Crippen molar-refractivity contribution in [3.05, 3.63) is 46.4 Å². The van der Waals surface area contributed by atoms with Crippen LogP contribution in [0.4, 0.5) is 11.8 Å². The molecule has 4 heterocycles. The Labute approximate surface area is 193 Å². The molecule has 0 unspecified atom stereocenters. The summed E-state index contributed by atoms with van der Waals surface area (Å²) < 4.78 is 18.6. The minimum atomic E-state index is -1.12. The Kier molecular flexibility index (Phi) is 4.83. The molecule has 166 valence electrons. The highest BCUT2D eigenvalue weighted by Crippen LogP contribution is 2.40. The molecule has 6 rings (SSSR count). The van der Waals surface area contributed by atoms with Gasteiger partial charge in [0.05, 0.1) is 25.2 Å². The first-order chi connectivity index (χ1) is 15.5. The van der Waals surface area contributed by atoms with Gasteiger partial charge in [0, 0.05) is 17.0 Å². The van der Waals surface area contributed by atoms with Crippen LogP contribution in [0.15, 0.2) is 33.6 Å². The second-order valence-electron chi connectivity index (χ2n) is 8.62. The number of anilines is 2. The Morgan fingerprint density at radius 2 is 1.97 bits per heavy atom. The maximum atomic E-state index is 12.6. The molecule has 0 amide bonds. The molecule has 1 aliphatic carbocycles. The van der Waals surface area contributed by atoms with E-state index in [2.05, 4.69) is 10.3 Å². The second kappa shape index (κ2) is 7.62. The van der Waals surface area contributed by atoms with Crippen LogP contribution < -0.4 is 10.2 Å². The van der Waals surface area contributed by atoms with Crippen LogP contribution in [0.3, 0.4) is 0 Å². The van der Waals surface area contributed by atoms with Crippen LogP contribution >= 0.6 is 11.6 Å². The maximum Gasteiger partial charge on any atom is 0.228 e. The number of fused-ring (bicyclic) bond motifs is 2. The summed E-state index contributed by atoms with van der Waals surface area (Å²) in [5, 5.41) is 14.0. The molecule has 0 saturated heterocycles. The zero-order valence-electron chi connectivity index (χ0n) is 17.3. The summed E-state index contributed by atoms with van der Waals surface area (Å²) in [7, 11) is 0. The van der Waals surface area contributed by atoms with Crippen molar-refractivity contribution in [2.24, 2.45) is 0 Å². The number of nitrogens with one attached hydrogen (secondary N) is 1. The van der Waals surface area contributed by atoms with E-state index in [4.69, 9.17) is 26.0 Å². The Hall–Kier alpha value is -2.33. The number of nitrogens with zero attached hydrogens (tertiary/aromatic N) is 4. The number of aromatic nitrogens is 3. The van der Waals surface area contributed by atoms with Gasteiger partial charge in [-0.25, -0.2) is 9.97 Å². The van der Waals surface area contributed by atoms with Crippen molar-refractivity contribution in [1.29, 1.82) is 0 Å². The van der Waals surface area contributed by atoms with Crippen LogP contribution in [-0.2, 0) is 30.7 Å². The van der Waals surface area contributed by atoms with Gasteiger partial charge in [-0.2, -0.15) is 4.98 Å². The molecule has 1 fully saturated rings. The molecule has 1 saturated carbocycles.